The van der Waals surface area contributed by atoms with Crippen LogP contribution < -0.4 is 16.2 Å². The van der Waals surface area contributed by atoms with E-state index in [0.29, 0.717) is 17.0 Å². The number of aromatic nitrogens is 2. The van der Waals surface area contributed by atoms with Crippen LogP contribution in [0.4, 0.5) is 11.6 Å². The summed E-state index contributed by atoms with van der Waals surface area (Å²) in [5.74, 6) is -0.159. The van der Waals surface area contributed by atoms with Crippen LogP contribution in [0.15, 0.2) is 51.7 Å². The van der Waals surface area contributed by atoms with Crippen LogP contribution >= 0.6 is 12.2 Å². The van der Waals surface area contributed by atoms with Crippen molar-refractivity contribution in [3.05, 3.63) is 74.4 Å². The first-order chi connectivity index (χ1) is 13.3. The molecule has 0 saturated heterocycles. The molecule has 0 saturated carbocycles. The first kappa shape index (κ1) is 18.9. The van der Waals surface area contributed by atoms with Gasteiger partial charge in [-0.1, -0.05) is 0 Å². The molecule has 0 unspecified atom stereocenters. The monoisotopic (exact) mass is 399 g/mol. The summed E-state index contributed by atoms with van der Waals surface area (Å²) in [6.45, 7) is 1.64. The number of hydrogen-bond acceptors (Lipinski definition) is 7. The molecular weight excluding hydrogens is 386 g/mol. The Morgan fingerprint density at radius 2 is 1.96 bits per heavy atom. The molecule has 28 heavy (non-hydrogen) atoms. The van der Waals surface area contributed by atoms with Crippen molar-refractivity contribution >= 4 is 34.9 Å². The SMILES string of the molecule is Cc1cc(=O)[nH]c(NC(=S)NC(=O)c2ccc(-c3ccc([N+](=O)[O-])cc3)o2)n1. The molecule has 3 aromatic rings. The highest BCUT2D eigenvalue weighted by molar-refractivity contribution is 7.80. The number of aryl methyl sites for hydroxylation is 1. The molecule has 0 atom stereocenters. The van der Waals surface area contributed by atoms with Gasteiger partial charge in [-0.3, -0.25) is 30.0 Å². The highest BCUT2D eigenvalue weighted by atomic mass is 32.1. The largest absolute Gasteiger partial charge is 0.451 e. The number of nitro groups is 1. The van der Waals surface area contributed by atoms with Crippen LogP contribution in [0, 0.1) is 17.0 Å². The summed E-state index contributed by atoms with van der Waals surface area (Å²) in [5.41, 5.74) is 0.654. The van der Waals surface area contributed by atoms with E-state index in [4.69, 9.17) is 16.6 Å². The fourth-order valence-corrected chi connectivity index (χ4v) is 2.49. The minimum absolute atomic E-state index is 0.0109. The van der Waals surface area contributed by atoms with E-state index in [-0.39, 0.29) is 28.1 Å². The number of nitro benzene ring substituents is 1. The number of aromatic amines is 1. The quantitative estimate of drug-likeness (QED) is 0.345. The Balaban J connectivity index is 1.67. The van der Waals surface area contributed by atoms with E-state index < -0.39 is 10.8 Å². The highest BCUT2D eigenvalue weighted by Crippen LogP contribution is 2.24. The third-order valence-electron chi connectivity index (χ3n) is 3.52. The van der Waals surface area contributed by atoms with E-state index >= 15 is 0 Å². The molecule has 3 rings (SSSR count). The zero-order valence-corrected chi connectivity index (χ0v) is 15.2. The minimum Gasteiger partial charge on any atom is -0.451 e. The van der Waals surface area contributed by atoms with E-state index in [1.54, 1.807) is 13.0 Å². The van der Waals surface area contributed by atoms with Crippen molar-refractivity contribution < 1.29 is 14.1 Å². The number of rotatable bonds is 4. The number of carbonyl (C=O) groups is 1. The molecular formula is C17H13N5O5S. The van der Waals surface area contributed by atoms with Crippen LogP contribution in [0.3, 0.4) is 0 Å². The van der Waals surface area contributed by atoms with Crippen molar-refractivity contribution in [3.8, 4) is 11.3 Å². The number of nitrogens with one attached hydrogen (secondary N) is 3. The Kier molecular flexibility index (Phi) is 5.27. The standard InChI is InChI=1S/C17H13N5O5S/c1-9-8-14(23)19-16(18-9)21-17(28)20-15(24)13-7-6-12(27-13)10-2-4-11(5-3-10)22(25)26/h2-8H,1H3,(H3,18,19,20,21,23,24,28). The predicted molar refractivity (Wildman–Crippen MR) is 104 cm³/mol. The van der Waals surface area contributed by atoms with Crippen molar-refractivity contribution in [2.24, 2.45) is 0 Å². The average Bonchev–Trinajstić information content (AvgIpc) is 3.11. The van der Waals surface area contributed by atoms with Crippen molar-refractivity contribution in [3.63, 3.8) is 0 Å². The van der Waals surface area contributed by atoms with Crippen LogP contribution in [0.2, 0.25) is 0 Å². The van der Waals surface area contributed by atoms with Gasteiger partial charge < -0.3 is 9.73 Å². The second kappa shape index (κ2) is 7.80. The Hall–Kier alpha value is -3.86. The molecule has 0 bridgehead atoms. The number of H-pyrrole nitrogens is 1. The molecule has 11 heteroatoms. The molecule has 2 aromatic heterocycles. The van der Waals surface area contributed by atoms with Gasteiger partial charge in [-0.2, -0.15) is 0 Å². The Morgan fingerprint density at radius 3 is 2.61 bits per heavy atom. The number of non-ortho nitro benzene ring substituents is 1. The molecule has 10 nitrogen and oxygen atoms in total. The van der Waals surface area contributed by atoms with Gasteiger partial charge in [0.25, 0.3) is 17.2 Å². The maximum atomic E-state index is 12.3. The molecule has 3 N–H and O–H groups in total. The van der Waals surface area contributed by atoms with E-state index in [9.17, 15) is 19.7 Å². The summed E-state index contributed by atoms with van der Waals surface area (Å²) in [6.07, 6.45) is 0. The number of thiocarbonyl (C=S) groups is 1. The number of hydrogen-bond donors (Lipinski definition) is 3. The number of furan rings is 1. The van der Waals surface area contributed by atoms with Gasteiger partial charge in [0.05, 0.1) is 4.92 Å². The summed E-state index contributed by atoms with van der Waals surface area (Å²) in [5, 5.41) is 15.6. The summed E-state index contributed by atoms with van der Waals surface area (Å²) < 4.78 is 5.48. The van der Waals surface area contributed by atoms with E-state index in [1.165, 1.54) is 36.4 Å². The van der Waals surface area contributed by atoms with Gasteiger partial charge in [0.15, 0.2) is 10.9 Å². The Bertz CT molecular complexity index is 1120. The van der Waals surface area contributed by atoms with Crippen molar-refractivity contribution in [2.45, 2.75) is 6.92 Å². The van der Waals surface area contributed by atoms with Crippen molar-refractivity contribution in [1.82, 2.24) is 15.3 Å². The van der Waals surface area contributed by atoms with Gasteiger partial charge in [-0.05, 0) is 43.4 Å². The highest BCUT2D eigenvalue weighted by Gasteiger charge is 2.15. The molecule has 2 heterocycles. The van der Waals surface area contributed by atoms with Crippen LogP contribution in [0.5, 0.6) is 0 Å². The summed E-state index contributed by atoms with van der Waals surface area (Å²) in [6, 6.07) is 10.0. The average molecular weight is 399 g/mol. The lowest BCUT2D eigenvalue weighted by Gasteiger charge is -2.07. The summed E-state index contributed by atoms with van der Waals surface area (Å²) in [7, 11) is 0. The molecule has 0 spiro atoms. The maximum absolute atomic E-state index is 12.3. The third kappa shape index (κ3) is 4.45. The Labute approximate surface area is 162 Å². The van der Waals surface area contributed by atoms with Crippen LogP contribution in [-0.4, -0.2) is 25.9 Å². The molecule has 0 aliphatic rings. The molecule has 1 aromatic carbocycles. The molecule has 0 fully saturated rings. The van der Waals surface area contributed by atoms with Crippen molar-refractivity contribution in [1.29, 1.82) is 0 Å². The zero-order valence-electron chi connectivity index (χ0n) is 14.4. The fraction of sp³-hybridized carbons (Fsp3) is 0.0588. The van der Waals surface area contributed by atoms with E-state index in [2.05, 4.69) is 20.6 Å². The molecule has 0 radical (unpaired) electrons. The van der Waals surface area contributed by atoms with Gasteiger partial charge in [0, 0.05) is 29.5 Å². The summed E-state index contributed by atoms with van der Waals surface area (Å²) in [4.78, 5) is 40.3. The normalized spacial score (nSPS) is 10.3. The first-order valence-electron chi connectivity index (χ1n) is 7.87. The molecule has 0 aliphatic carbocycles. The predicted octanol–water partition coefficient (Wildman–Crippen LogP) is 2.37. The number of amides is 1. The fourth-order valence-electron chi connectivity index (χ4n) is 2.30. The first-order valence-corrected chi connectivity index (χ1v) is 8.27. The Morgan fingerprint density at radius 1 is 1.25 bits per heavy atom. The third-order valence-corrected chi connectivity index (χ3v) is 3.73. The van der Waals surface area contributed by atoms with Crippen LogP contribution in [-0.2, 0) is 0 Å². The second-order valence-electron chi connectivity index (χ2n) is 5.61. The smallest absolute Gasteiger partial charge is 0.293 e. The number of carbonyl (C=O) groups excluding carboxylic acids is 1. The number of nitrogens with zero attached hydrogens (tertiary/aromatic N) is 2. The van der Waals surface area contributed by atoms with Gasteiger partial charge in [-0.15, -0.1) is 0 Å². The molecule has 142 valence electrons. The lowest BCUT2D eigenvalue weighted by molar-refractivity contribution is -0.384. The number of benzene rings is 1. The van der Waals surface area contributed by atoms with Gasteiger partial charge >= 0.3 is 0 Å². The van der Waals surface area contributed by atoms with Gasteiger partial charge in [0.2, 0.25) is 5.95 Å². The van der Waals surface area contributed by atoms with E-state index in [1.807, 2.05) is 0 Å². The maximum Gasteiger partial charge on any atom is 0.293 e. The van der Waals surface area contributed by atoms with Crippen LogP contribution in [0.25, 0.3) is 11.3 Å². The van der Waals surface area contributed by atoms with Gasteiger partial charge in [0.1, 0.15) is 5.76 Å². The van der Waals surface area contributed by atoms with E-state index in [0.717, 1.165) is 0 Å². The summed E-state index contributed by atoms with van der Waals surface area (Å²) >= 11 is 5.03. The topological polar surface area (TPSA) is 143 Å². The van der Waals surface area contributed by atoms with Gasteiger partial charge in [-0.25, -0.2) is 4.98 Å². The minimum atomic E-state index is -0.610. The lowest BCUT2D eigenvalue weighted by Crippen LogP contribution is -2.35. The van der Waals surface area contributed by atoms with Crippen LogP contribution in [0.1, 0.15) is 16.2 Å². The lowest BCUT2D eigenvalue weighted by atomic mass is 10.1. The second-order valence-corrected chi connectivity index (χ2v) is 6.02. The zero-order chi connectivity index (χ0) is 20.3. The molecule has 0 aliphatic heterocycles. The number of anilines is 1. The molecule has 1 amide bonds. The van der Waals surface area contributed by atoms with Crippen molar-refractivity contribution in [2.75, 3.05) is 5.32 Å².